The van der Waals surface area contributed by atoms with Gasteiger partial charge in [0, 0.05) is 11.8 Å². The Morgan fingerprint density at radius 1 is 1.35 bits per heavy atom. The van der Waals surface area contributed by atoms with E-state index in [1.54, 1.807) is 11.8 Å². The molecule has 0 saturated heterocycles. The highest BCUT2D eigenvalue weighted by Gasteiger charge is 2.17. The Labute approximate surface area is 105 Å². The first kappa shape index (κ1) is 12.4. The normalized spacial score (nSPS) is 12.8. The summed E-state index contributed by atoms with van der Waals surface area (Å²) in [6, 6.07) is 3.86. The highest BCUT2D eigenvalue weighted by atomic mass is 32.2. The largest absolute Gasteiger partial charge is 0.492 e. The molecule has 0 saturated carbocycles. The molecule has 0 spiro atoms. The summed E-state index contributed by atoms with van der Waals surface area (Å²) in [5.41, 5.74) is 6.68. The maximum Gasteiger partial charge on any atom is 0.231 e. The number of ether oxygens (including phenoxy) is 3. The summed E-state index contributed by atoms with van der Waals surface area (Å²) in [5.74, 6) is 3.36. The monoisotopic (exact) mass is 255 g/mol. The molecule has 1 aliphatic heterocycles. The number of rotatable bonds is 6. The first-order valence-electron chi connectivity index (χ1n) is 5.59. The molecule has 0 atom stereocenters. The van der Waals surface area contributed by atoms with Crippen molar-refractivity contribution in [3.63, 3.8) is 0 Å². The third kappa shape index (κ3) is 2.98. The highest BCUT2D eigenvalue weighted by Crippen LogP contribution is 2.38. The standard InChI is InChI=1S/C12H17NO3S/c1-17-5-4-14-10-7-12-11(15-8-16-12)6-9(10)2-3-13/h6-7H,2-5,8,13H2,1H3. The van der Waals surface area contributed by atoms with E-state index >= 15 is 0 Å². The van der Waals surface area contributed by atoms with E-state index in [1.807, 2.05) is 12.1 Å². The smallest absolute Gasteiger partial charge is 0.231 e. The molecule has 2 rings (SSSR count). The van der Waals surface area contributed by atoms with Gasteiger partial charge in [-0.05, 0) is 30.9 Å². The van der Waals surface area contributed by atoms with Gasteiger partial charge in [0.25, 0.3) is 0 Å². The molecule has 4 nitrogen and oxygen atoms in total. The fraction of sp³-hybridized carbons (Fsp3) is 0.500. The van der Waals surface area contributed by atoms with Gasteiger partial charge in [-0.1, -0.05) is 0 Å². The van der Waals surface area contributed by atoms with E-state index in [0.29, 0.717) is 13.2 Å². The average molecular weight is 255 g/mol. The molecule has 0 unspecified atom stereocenters. The van der Waals surface area contributed by atoms with Crippen molar-refractivity contribution in [3.05, 3.63) is 17.7 Å². The predicted octanol–water partition coefficient (Wildman–Crippen LogP) is 1.66. The van der Waals surface area contributed by atoms with Crippen molar-refractivity contribution in [2.24, 2.45) is 5.73 Å². The van der Waals surface area contributed by atoms with Crippen LogP contribution in [0.15, 0.2) is 12.1 Å². The number of thioether (sulfide) groups is 1. The van der Waals surface area contributed by atoms with Gasteiger partial charge in [0.15, 0.2) is 11.5 Å². The van der Waals surface area contributed by atoms with Gasteiger partial charge in [-0.3, -0.25) is 0 Å². The van der Waals surface area contributed by atoms with Crippen molar-refractivity contribution >= 4 is 11.8 Å². The summed E-state index contributed by atoms with van der Waals surface area (Å²) >= 11 is 1.76. The van der Waals surface area contributed by atoms with Crippen molar-refractivity contribution in [3.8, 4) is 17.2 Å². The lowest BCUT2D eigenvalue weighted by Crippen LogP contribution is -2.07. The quantitative estimate of drug-likeness (QED) is 0.783. The molecule has 0 amide bonds. The second-order valence-electron chi connectivity index (χ2n) is 3.69. The molecular weight excluding hydrogens is 238 g/mol. The molecular formula is C12H17NO3S. The second-order valence-corrected chi connectivity index (χ2v) is 4.68. The van der Waals surface area contributed by atoms with Crippen molar-refractivity contribution in [2.75, 3.05) is 32.0 Å². The number of fused-ring (bicyclic) bond motifs is 1. The van der Waals surface area contributed by atoms with Crippen LogP contribution in [0.25, 0.3) is 0 Å². The van der Waals surface area contributed by atoms with Crippen LogP contribution >= 0.6 is 11.8 Å². The zero-order valence-electron chi connectivity index (χ0n) is 9.90. The van der Waals surface area contributed by atoms with E-state index in [1.165, 1.54) is 0 Å². The third-order valence-corrected chi connectivity index (χ3v) is 3.09. The van der Waals surface area contributed by atoms with Crippen LogP contribution in [-0.2, 0) is 6.42 Å². The van der Waals surface area contributed by atoms with Gasteiger partial charge in [-0.25, -0.2) is 0 Å². The van der Waals surface area contributed by atoms with Crippen LogP contribution in [0.5, 0.6) is 17.2 Å². The fourth-order valence-corrected chi connectivity index (χ4v) is 1.94. The van der Waals surface area contributed by atoms with Gasteiger partial charge in [-0.2, -0.15) is 11.8 Å². The summed E-state index contributed by atoms with van der Waals surface area (Å²) < 4.78 is 16.4. The molecule has 0 aromatic heterocycles. The molecule has 2 N–H and O–H groups in total. The Kier molecular flexibility index (Phi) is 4.39. The third-order valence-electron chi connectivity index (χ3n) is 2.51. The predicted molar refractivity (Wildman–Crippen MR) is 69.2 cm³/mol. The van der Waals surface area contributed by atoms with Crippen LogP contribution < -0.4 is 19.9 Å². The molecule has 94 valence electrons. The second kappa shape index (κ2) is 6.02. The Bertz CT molecular complexity index is 384. The summed E-state index contributed by atoms with van der Waals surface area (Å²) in [6.07, 6.45) is 2.84. The van der Waals surface area contributed by atoms with Crippen molar-refractivity contribution in [1.29, 1.82) is 0 Å². The van der Waals surface area contributed by atoms with Crippen molar-refractivity contribution in [1.82, 2.24) is 0 Å². The minimum Gasteiger partial charge on any atom is -0.492 e. The first-order valence-corrected chi connectivity index (χ1v) is 6.99. The van der Waals surface area contributed by atoms with Crippen LogP contribution in [-0.4, -0.2) is 32.0 Å². The molecule has 0 fully saturated rings. The topological polar surface area (TPSA) is 53.7 Å². The average Bonchev–Trinajstić information content (AvgIpc) is 2.77. The van der Waals surface area contributed by atoms with E-state index in [2.05, 4.69) is 6.26 Å². The van der Waals surface area contributed by atoms with Crippen LogP contribution in [0.1, 0.15) is 5.56 Å². The van der Waals surface area contributed by atoms with E-state index in [0.717, 1.165) is 35.0 Å². The van der Waals surface area contributed by atoms with Crippen molar-refractivity contribution < 1.29 is 14.2 Å². The molecule has 0 bridgehead atoms. The van der Waals surface area contributed by atoms with E-state index in [9.17, 15) is 0 Å². The molecule has 0 radical (unpaired) electrons. The van der Waals surface area contributed by atoms with Gasteiger partial charge < -0.3 is 19.9 Å². The minimum atomic E-state index is 0.283. The van der Waals surface area contributed by atoms with Gasteiger partial charge in [0.05, 0.1) is 6.61 Å². The molecule has 5 heteroatoms. The van der Waals surface area contributed by atoms with E-state index < -0.39 is 0 Å². The molecule has 1 heterocycles. The zero-order chi connectivity index (χ0) is 12.1. The SMILES string of the molecule is CSCCOc1cc2c(cc1CCN)OCO2. The Morgan fingerprint density at radius 3 is 2.82 bits per heavy atom. The molecule has 1 aromatic carbocycles. The Hall–Kier alpha value is -1.07. The molecule has 0 aliphatic carbocycles. The number of benzene rings is 1. The minimum absolute atomic E-state index is 0.283. The van der Waals surface area contributed by atoms with E-state index in [4.69, 9.17) is 19.9 Å². The van der Waals surface area contributed by atoms with Gasteiger partial charge in [0.1, 0.15) is 5.75 Å². The number of hydrogen-bond acceptors (Lipinski definition) is 5. The first-order chi connectivity index (χ1) is 8.35. The van der Waals surface area contributed by atoms with Gasteiger partial charge >= 0.3 is 0 Å². The summed E-state index contributed by atoms with van der Waals surface area (Å²) in [6.45, 7) is 1.57. The fourth-order valence-electron chi connectivity index (χ4n) is 1.69. The van der Waals surface area contributed by atoms with Crippen LogP contribution in [0.3, 0.4) is 0 Å². The summed E-state index contributed by atoms with van der Waals surface area (Å²) in [5, 5.41) is 0. The Balaban J connectivity index is 2.15. The van der Waals surface area contributed by atoms with Crippen molar-refractivity contribution in [2.45, 2.75) is 6.42 Å². The summed E-state index contributed by atoms with van der Waals surface area (Å²) in [7, 11) is 0. The number of nitrogens with two attached hydrogens (primary N) is 1. The molecule has 1 aliphatic rings. The zero-order valence-corrected chi connectivity index (χ0v) is 10.7. The lowest BCUT2D eigenvalue weighted by Gasteiger charge is -2.11. The molecule has 1 aromatic rings. The lowest BCUT2D eigenvalue weighted by molar-refractivity contribution is 0.174. The summed E-state index contributed by atoms with van der Waals surface area (Å²) in [4.78, 5) is 0. The van der Waals surface area contributed by atoms with Gasteiger partial charge in [0.2, 0.25) is 6.79 Å². The highest BCUT2D eigenvalue weighted by molar-refractivity contribution is 7.98. The lowest BCUT2D eigenvalue weighted by atomic mass is 10.1. The van der Waals surface area contributed by atoms with E-state index in [-0.39, 0.29) is 6.79 Å². The number of hydrogen-bond donors (Lipinski definition) is 1. The van der Waals surface area contributed by atoms with Crippen LogP contribution in [0.4, 0.5) is 0 Å². The maximum absolute atomic E-state index is 5.74. The van der Waals surface area contributed by atoms with Crippen LogP contribution in [0, 0.1) is 0 Å². The molecule has 17 heavy (non-hydrogen) atoms. The maximum atomic E-state index is 5.74. The van der Waals surface area contributed by atoms with Crippen LogP contribution in [0.2, 0.25) is 0 Å². The Morgan fingerprint density at radius 2 is 2.12 bits per heavy atom. The van der Waals surface area contributed by atoms with Gasteiger partial charge in [-0.15, -0.1) is 0 Å².